The van der Waals surface area contributed by atoms with Gasteiger partial charge in [-0.15, -0.1) is 0 Å². The van der Waals surface area contributed by atoms with E-state index in [0.29, 0.717) is 23.7 Å². The minimum atomic E-state index is 0.246. The van der Waals surface area contributed by atoms with Crippen LogP contribution in [0.5, 0.6) is 5.88 Å². The minimum Gasteiger partial charge on any atom is -0.474 e. The van der Waals surface area contributed by atoms with Crippen molar-refractivity contribution in [3.8, 4) is 11.9 Å². The Hall–Kier alpha value is -1.60. The summed E-state index contributed by atoms with van der Waals surface area (Å²) in [6, 6.07) is 8.58. The van der Waals surface area contributed by atoms with E-state index in [4.69, 9.17) is 10.00 Å². The second-order valence-corrected chi connectivity index (χ2v) is 4.82. The molecule has 0 aliphatic carbocycles. The lowest BCUT2D eigenvalue weighted by Crippen LogP contribution is -2.42. The Kier molecular flexibility index (Phi) is 2.69. The van der Waals surface area contributed by atoms with Crippen molar-refractivity contribution in [2.24, 2.45) is 0 Å². The van der Waals surface area contributed by atoms with Crippen molar-refractivity contribution < 1.29 is 4.74 Å². The number of aromatic nitrogens is 1. The summed E-state index contributed by atoms with van der Waals surface area (Å²) in [7, 11) is 0. The highest BCUT2D eigenvalue weighted by molar-refractivity contribution is 5.24. The van der Waals surface area contributed by atoms with Crippen molar-refractivity contribution in [1.82, 2.24) is 10.3 Å². The summed E-state index contributed by atoms with van der Waals surface area (Å²) in [5, 5.41) is 12.4. The third-order valence-electron chi connectivity index (χ3n) is 3.56. The maximum Gasteiger partial charge on any atom is 0.214 e. The molecule has 0 spiro atoms. The molecule has 1 aromatic heterocycles. The molecule has 0 amide bonds. The monoisotopic (exact) mass is 229 g/mol. The summed E-state index contributed by atoms with van der Waals surface area (Å²) >= 11 is 0. The SMILES string of the molecule is N#Cc1cccc(OC2CC3CCC(C2)N3)n1. The molecular weight excluding hydrogens is 214 g/mol. The lowest BCUT2D eigenvalue weighted by Gasteiger charge is -2.29. The van der Waals surface area contributed by atoms with Crippen LogP contribution in [0, 0.1) is 11.3 Å². The number of hydrogen-bond acceptors (Lipinski definition) is 4. The van der Waals surface area contributed by atoms with Gasteiger partial charge in [-0.2, -0.15) is 5.26 Å². The Balaban J connectivity index is 1.68. The first-order valence-corrected chi connectivity index (χ1v) is 6.13. The lowest BCUT2D eigenvalue weighted by molar-refractivity contribution is 0.132. The second kappa shape index (κ2) is 4.34. The van der Waals surface area contributed by atoms with Crippen molar-refractivity contribution in [2.45, 2.75) is 43.9 Å². The number of pyridine rings is 1. The number of piperidine rings is 1. The molecule has 1 N–H and O–H groups in total. The van der Waals surface area contributed by atoms with Gasteiger partial charge in [0.15, 0.2) is 0 Å². The molecule has 17 heavy (non-hydrogen) atoms. The molecule has 2 fully saturated rings. The van der Waals surface area contributed by atoms with Crippen molar-refractivity contribution in [2.75, 3.05) is 0 Å². The van der Waals surface area contributed by atoms with Gasteiger partial charge >= 0.3 is 0 Å². The molecule has 0 radical (unpaired) electrons. The first-order valence-electron chi connectivity index (χ1n) is 6.13. The van der Waals surface area contributed by atoms with E-state index in [9.17, 15) is 0 Å². The van der Waals surface area contributed by atoms with Crippen molar-refractivity contribution in [1.29, 1.82) is 5.26 Å². The Morgan fingerprint density at radius 2 is 2.06 bits per heavy atom. The smallest absolute Gasteiger partial charge is 0.214 e. The fraction of sp³-hybridized carbons (Fsp3) is 0.538. The molecule has 4 heteroatoms. The predicted molar refractivity (Wildman–Crippen MR) is 62.5 cm³/mol. The predicted octanol–water partition coefficient (Wildman–Crippen LogP) is 1.62. The molecule has 2 bridgehead atoms. The molecule has 3 heterocycles. The fourth-order valence-electron chi connectivity index (χ4n) is 2.81. The largest absolute Gasteiger partial charge is 0.474 e. The number of fused-ring (bicyclic) bond motifs is 2. The van der Waals surface area contributed by atoms with Gasteiger partial charge in [-0.1, -0.05) is 6.07 Å². The Morgan fingerprint density at radius 1 is 1.29 bits per heavy atom. The summed E-state index contributed by atoms with van der Waals surface area (Å²) in [4.78, 5) is 4.15. The van der Waals surface area contributed by atoms with E-state index in [1.165, 1.54) is 12.8 Å². The highest BCUT2D eigenvalue weighted by atomic mass is 16.5. The number of nitrogens with one attached hydrogen (secondary N) is 1. The van der Waals surface area contributed by atoms with Gasteiger partial charge in [0.05, 0.1) is 0 Å². The average Bonchev–Trinajstić information content (AvgIpc) is 2.69. The first kappa shape index (κ1) is 10.5. The van der Waals surface area contributed by atoms with E-state index < -0.39 is 0 Å². The van der Waals surface area contributed by atoms with Crippen LogP contribution in [0.15, 0.2) is 18.2 Å². The number of rotatable bonds is 2. The van der Waals surface area contributed by atoms with Gasteiger partial charge in [0.25, 0.3) is 0 Å². The molecule has 2 unspecified atom stereocenters. The van der Waals surface area contributed by atoms with Crippen molar-refractivity contribution >= 4 is 0 Å². The van der Waals surface area contributed by atoms with Crippen LogP contribution < -0.4 is 10.1 Å². The average molecular weight is 229 g/mol. The number of ether oxygens (including phenoxy) is 1. The van der Waals surface area contributed by atoms with Crippen LogP contribution >= 0.6 is 0 Å². The summed E-state index contributed by atoms with van der Waals surface area (Å²) in [5.74, 6) is 0.579. The first-order chi connectivity index (χ1) is 8.33. The van der Waals surface area contributed by atoms with E-state index in [-0.39, 0.29) is 6.10 Å². The topological polar surface area (TPSA) is 57.9 Å². The molecule has 0 aromatic carbocycles. The number of hydrogen-bond donors (Lipinski definition) is 1. The van der Waals surface area contributed by atoms with Crippen LogP contribution in [0.2, 0.25) is 0 Å². The summed E-state index contributed by atoms with van der Waals surface area (Å²) in [5.41, 5.74) is 0.416. The zero-order chi connectivity index (χ0) is 11.7. The second-order valence-electron chi connectivity index (χ2n) is 4.82. The molecule has 2 saturated heterocycles. The quantitative estimate of drug-likeness (QED) is 0.837. The number of nitriles is 1. The maximum atomic E-state index is 8.78. The molecule has 2 atom stereocenters. The highest BCUT2D eigenvalue weighted by Gasteiger charge is 2.34. The van der Waals surface area contributed by atoms with Gasteiger partial charge in [-0.25, -0.2) is 4.98 Å². The van der Waals surface area contributed by atoms with E-state index in [1.54, 1.807) is 6.07 Å². The molecule has 3 rings (SSSR count). The van der Waals surface area contributed by atoms with Crippen LogP contribution in [-0.2, 0) is 0 Å². The minimum absolute atomic E-state index is 0.246. The van der Waals surface area contributed by atoms with E-state index in [1.807, 2.05) is 18.2 Å². The van der Waals surface area contributed by atoms with Crippen LogP contribution in [-0.4, -0.2) is 23.2 Å². The zero-order valence-corrected chi connectivity index (χ0v) is 9.60. The van der Waals surface area contributed by atoms with Crippen molar-refractivity contribution in [3.05, 3.63) is 23.9 Å². The normalized spacial score (nSPS) is 30.9. The Bertz CT molecular complexity index is 442. The summed E-state index contributed by atoms with van der Waals surface area (Å²) in [6.45, 7) is 0. The highest BCUT2D eigenvalue weighted by Crippen LogP contribution is 2.29. The summed E-state index contributed by atoms with van der Waals surface area (Å²) < 4.78 is 5.88. The molecule has 2 aliphatic rings. The van der Waals surface area contributed by atoms with Gasteiger partial charge in [0.2, 0.25) is 5.88 Å². The lowest BCUT2D eigenvalue weighted by atomic mass is 10.0. The van der Waals surface area contributed by atoms with E-state index in [2.05, 4.69) is 10.3 Å². The van der Waals surface area contributed by atoms with Gasteiger partial charge in [-0.3, -0.25) is 0 Å². The van der Waals surface area contributed by atoms with Crippen LogP contribution in [0.4, 0.5) is 0 Å². The Morgan fingerprint density at radius 3 is 2.76 bits per heavy atom. The fourth-order valence-corrected chi connectivity index (χ4v) is 2.81. The van der Waals surface area contributed by atoms with E-state index in [0.717, 1.165) is 12.8 Å². The zero-order valence-electron chi connectivity index (χ0n) is 9.60. The third kappa shape index (κ3) is 2.25. The summed E-state index contributed by atoms with van der Waals surface area (Å²) in [6.07, 6.45) is 4.87. The molecule has 4 nitrogen and oxygen atoms in total. The van der Waals surface area contributed by atoms with E-state index >= 15 is 0 Å². The molecular formula is C13H15N3O. The molecule has 1 aromatic rings. The maximum absolute atomic E-state index is 8.78. The van der Waals surface area contributed by atoms with Gasteiger partial charge in [0.1, 0.15) is 17.9 Å². The Labute approximate surface area is 101 Å². The molecule has 88 valence electrons. The standard InChI is InChI=1S/C13H15N3O/c14-8-11-2-1-3-13(16-11)17-12-6-9-4-5-10(7-12)15-9/h1-3,9-10,12,15H,4-7H2. The van der Waals surface area contributed by atoms with Gasteiger partial charge in [0, 0.05) is 18.2 Å². The van der Waals surface area contributed by atoms with Crippen LogP contribution in [0.3, 0.4) is 0 Å². The van der Waals surface area contributed by atoms with Crippen LogP contribution in [0.25, 0.3) is 0 Å². The number of nitrogens with zero attached hydrogens (tertiary/aromatic N) is 2. The van der Waals surface area contributed by atoms with Gasteiger partial charge in [-0.05, 0) is 31.7 Å². The molecule has 2 aliphatic heterocycles. The van der Waals surface area contributed by atoms with Crippen LogP contribution in [0.1, 0.15) is 31.4 Å². The third-order valence-corrected chi connectivity index (χ3v) is 3.56. The molecule has 0 saturated carbocycles. The van der Waals surface area contributed by atoms with Crippen molar-refractivity contribution in [3.63, 3.8) is 0 Å². The van der Waals surface area contributed by atoms with Gasteiger partial charge < -0.3 is 10.1 Å².